The normalized spacial score (nSPS) is 10.2. The van der Waals surface area contributed by atoms with Crippen molar-refractivity contribution in [2.24, 2.45) is 0 Å². The van der Waals surface area contributed by atoms with Crippen molar-refractivity contribution in [3.05, 3.63) is 59.7 Å². The average Bonchev–Trinajstić information content (AvgIpc) is 2.83. The Morgan fingerprint density at radius 3 is 2.16 bits per heavy atom. The molecule has 0 aliphatic carbocycles. The van der Waals surface area contributed by atoms with E-state index in [9.17, 15) is 4.79 Å². The van der Waals surface area contributed by atoms with Crippen molar-refractivity contribution in [3.63, 3.8) is 0 Å². The molecule has 2 rings (SSSR count). The first-order valence-electron chi connectivity index (χ1n) is 11.8. The van der Waals surface area contributed by atoms with Crippen LogP contribution >= 0.6 is 0 Å². The number of rotatable bonds is 14. The molecule has 0 aliphatic rings. The molecule has 4 nitrogen and oxygen atoms in total. The molecule has 0 amide bonds. The number of esters is 1. The van der Waals surface area contributed by atoms with E-state index in [0.29, 0.717) is 12.2 Å². The van der Waals surface area contributed by atoms with Gasteiger partial charge in [0.2, 0.25) is 0 Å². The summed E-state index contributed by atoms with van der Waals surface area (Å²) in [5.41, 5.74) is 2.88. The van der Waals surface area contributed by atoms with E-state index in [1.807, 2.05) is 43.3 Å². The van der Waals surface area contributed by atoms with Crippen LogP contribution in [0, 0.1) is 11.8 Å². The molecule has 2 aromatic carbocycles. The fourth-order valence-corrected chi connectivity index (χ4v) is 3.39. The lowest BCUT2D eigenvalue weighted by Gasteiger charge is -2.07. The summed E-state index contributed by atoms with van der Waals surface area (Å²) >= 11 is 0. The third kappa shape index (κ3) is 10.4. The summed E-state index contributed by atoms with van der Waals surface area (Å²) in [7, 11) is 1.68. The van der Waals surface area contributed by atoms with E-state index in [0.717, 1.165) is 37.2 Å². The molecule has 0 bridgehead atoms. The molecular formula is C28H37NO3. The van der Waals surface area contributed by atoms with Crippen molar-refractivity contribution in [3.8, 4) is 17.6 Å². The van der Waals surface area contributed by atoms with E-state index in [4.69, 9.17) is 9.47 Å². The van der Waals surface area contributed by atoms with Crippen LogP contribution in [0.5, 0.6) is 5.75 Å². The van der Waals surface area contributed by atoms with Crippen molar-refractivity contribution in [1.29, 1.82) is 0 Å². The molecule has 0 unspecified atom stereocenters. The van der Waals surface area contributed by atoms with E-state index in [2.05, 4.69) is 29.3 Å². The highest BCUT2D eigenvalue weighted by molar-refractivity contribution is 5.89. The Labute approximate surface area is 193 Å². The number of ether oxygens (including phenoxy) is 2. The summed E-state index contributed by atoms with van der Waals surface area (Å²) in [6.45, 7) is 3.18. The zero-order valence-electron chi connectivity index (χ0n) is 19.6. The molecule has 0 fully saturated rings. The fraction of sp³-hybridized carbons (Fsp3) is 0.464. The highest BCUT2D eigenvalue weighted by Crippen LogP contribution is 2.13. The Morgan fingerprint density at radius 2 is 1.50 bits per heavy atom. The first-order valence-corrected chi connectivity index (χ1v) is 11.8. The topological polar surface area (TPSA) is 47.6 Å². The fourth-order valence-electron chi connectivity index (χ4n) is 3.39. The van der Waals surface area contributed by atoms with Gasteiger partial charge in [0.1, 0.15) is 5.75 Å². The molecule has 0 saturated heterocycles. The van der Waals surface area contributed by atoms with E-state index >= 15 is 0 Å². The van der Waals surface area contributed by atoms with Crippen molar-refractivity contribution in [2.45, 2.75) is 64.7 Å². The number of anilines is 1. The van der Waals surface area contributed by atoms with Gasteiger partial charge in [-0.1, -0.05) is 50.2 Å². The van der Waals surface area contributed by atoms with Crippen LogP contribution in [0.2, 0.25) is 0 Å². The molecule has 0 saturated carbocycles. The second-order valence-corrected chi connectivity index (χ2v) is 7.83. The maximum Gasteiger partial charge on any atom is 0.338 e. The van der Waals surface area contributed by atoms with Crippen molar-refractivity contribution < 1.29 is 14.3 Å². The number of carbonyl (C=O) groups is 1. The maximum absolute atomic E-state index is 11.6. The Kier molecular flexibility index (Phi) is 12.5. The largest absolute Gasteiger partial charge is 0.497 e. The lowest BCUT2D eigenvalue weighted by molar-refractivity contribution is 0.0526. The van der Waals surface area contributed by atoms with Gasteiger partial charge in [-0.3, -0.25) is 0 Å². The van der Waals surface area contributed by atoms with Gasteiger partial charge in [0.05, 0.1) is 19.3 Å². The number of methoxy groups -OCH3 is 1. The van der Waals surface area contributed by atoms with Gasteiger partial charge in [0.25, 0.3) is 0 Å². The average molecular weight is 436 g/mol. The van der Waals surface area contributed by atoms with E-state index < -0.39 is 0 Å². The zero-order chi connectivity index (χ0) is 22.9. The Hall–Kier alpha value is -2.93. The molecule has 0 aliphatic heterocycles. The van der Waals surface area contributed by atoms with Crippen LogP contribution in [0.25, 0.3) is 0 Å². The quantitative estimate of drug-likeness (QED) is 0.205. The molecule has 4 heteroatoms. The molecule has 0 radical (unpaired) electrons. The second-order valence-electron chi connectivity index (χ2n) is 7.83. The monoisotopic (exact) mass is 435 g/mol. The summed E-state index contributed by atoms with van der Waals surface area (Å²) in [6.07, 6.45) is 10.6. The van der Waals surface area contributed by atoms with Crippen LogP contribution in [0.1, 0.15) is 74.2 Å². The van der Waals surface area contributed by atoms with Crippen LogP contribution in [0.15, 0.2) is 48.5 Å². The second kappa shape index (κ2) is 15.8. The van der Waals surface area contributed by atoms with Gasteiger partial charge >= 0.3 is 5.97 Å². The third-order valence-corrected chi connectivity index (χ3v) is 5.28. The minimum atomic E-state index is -0.264. The third-order valence-electron chi connectivity index (χ3n) is 5.28. The number of nitrogens with one attached hydrogen (secondary N) is 1. The molecular weight excluding hydrogens is 398 g/mol. The van der Waals surface area contributed by atoms with E-state index in [-0.39, 0.29) is 5.97 Å². The highest BCUT2D eigenvalue weighted by atomic mass is 16.5. The summed E-state index contributed by atoms with van der Waals surface area (Å²) in [4.78, 5) is 11.6. The van der Waals surface area contributed by atoms with E-state index in [1.165, 1.54) is 44.1 Å². The van der Waals surface area contributed by atoms with Crippen LogP contribution in [0.3, 0.4) is 0 Å². The van der Waals surface area contributed by atoms with Crippen molar-refractivity contribution in [1.82, 2.24) is 0 Å². The number of unbranched alkanes of at least 4 members (excludes halogenated alkanes) is 7. The van der Waals surface area contributed by atoms with Crippen LogP contribution in [-0.2, 0) is 11.2 Å². The van der Waals surface area contributed by atoms with Gasteiger partial charge < -0.3 is 14.8 Å². The Bertz CT molecular complexity index is 832. The molecule has 32 heavy (non-hydrogen) atoms. The molecule has 0 aromatic heterocycles. The molecule has 172 valence electrons. The lowest BCUT2D eigenvalue weighted by Crippen LogP contribution is -2.05. The summed E-state index contributed by atoms with van der Waals surface area (Å²) in [5.74, 6) is 7.19. The van der Waals surface area contributed by atoms with Gasteiger partial charge in [-0.2, -0.15) is 0 Å². The van der Waals surface area contributed by atoms with E-state index in [1.54, 1.807) is 7.11 Å². The maximum atomic E-state index is 11.6. The number of benzene rings is 2. The van der Waals surface area contributed by atoms with Gasteiger partial charge in [0, 0.05) is 25.1 Å². The predicted molar refractivity (Wildman–Crippen MR) is 132 cm³/mol. The standard InChI is InChI=1S/C28H37NO3/c1-3-32-28(30)25-17-19-26(20-18-25)29-23-13-11-9-7-5-4-6-8-10-12-14-24-15-21-27(31-2)22-16-24/h15-22,29H,3-9,11,13-14,23H2,1-2H3. The van der Waals surface area contributed by atoms with Crippen molar-refractivity contribution in [2.75, 3.05) is 25.6 Å². The summed E-state index contributed by atoms with van der Waals surface area (Å²) in [6, 6.07) is 15.6. The first-order chi connectivity index (χ1) is 15.7. The SMILES string of the molecule is CCOC(=O)c1ccc(NCCCCCCCCCC#CCc2ccc(OC)cc2)cc1. The minimum Gasteiger partial charge on any atom is -0.497 e. The highest BCUT2D eigenvalue weighted by Gasteiger charge is 2.05. The number of carbonyl (C=O) groups excluding carboxylic acids is 1. The van der Waals surface area contributed by atoms with Crippen molar-refractivity contribution >= 4 is 11.7 Å². The van der Waals surface area contributed by atoms with Crippen LogP contribution in [0.4, 0.5) is 5.69 Å². The molecule has 0 heterocycles. The minimum absolute atomic E-state index is 0.264. The Balaban J connectivity index is 1.42. The lowest BCUT2D eigenvalue weighted by atomic mass is 10.1. The van der Waals surface area contributed by atoms with Gasteiger partial charge in [-0.25, -0.2) is 4.79 Å². The smallest absolute Gasteiger partial charge is 0.338 e. The van der Waals surface area contributed by atoms with Crippen LogP contribution in [-0.4, -0.2) is 26.2 Å². The van der Waals surface area contributed by atoms with Crippen LogP contribution < -0.4 is 10.1 Å². The Morgan fingerprint density at radius 1 is 0.844 bits per heavy atom. The number of hydrogen-bond acceptors (Lipinski definition) is 4. The number of hydrogen-bond donors (Lipinski definition) is 1. The van der Waals surface area contributed by atoms with Gasteiger partial charge in [-0.05, 0) is 61.7 Å². The summed E-state index contributed by atoms with van der Waals surface area (Å²) in [5, 5.41) is 3.42. The predicted octanol–water partition coefficient (Wildman–Crippen LogP) is 6.65. The molecule has 2 aromatic rings. The molecule has 1 N–H and O–H groups in total. The first kappa shape index (κ1) is 25.3. The summed E-state index contributed by atoms with van der Waals surface area (Å²) < 4.78 is 10.2. The molecule has 0 spiro atoms. The van der Waals surface area contributed by atoms with Gasteiger partial charge in [0.15, 0.2) is 0 Å². The zero-order valence-corrected chi connectivity index (χ0v) is 19.6. The molecule has 0 atom stereocenters. The van der Waals surface area contributed by atoms with Gasteiger partial charge in [-0.15, -0.1) is 5.92 Å².